The molecule has 1 aliphatic heterocycles. The van der Waals surface area contributed by atoms with Crippen molar-refractivity contribution in [2.24, 2.45) is 0 Å². The Bertz CT molecular complexity index is 1180. The molecule has 0 radical (unpaired) electrons. The average Bonchev–Trinajstić information content (AvgIpc) is 3.26. The number of imide groups is 1. The number of hydrogen-bond donors (Lipinski definition) is 1. The first-order chi connectivity index (χ1) is 13.9. The van der Waals surface area contributed by atoms with Gasteiger partial charge in [-0.05, 0) is 42.5 Å². The van der Waals surface area contributed by atoms with Gasteiger partial charge in [-0.3, -0.25) is 14.9 Å². The van der Waals surface area contributed by atoms with Crippen molar-refractivity contribution in [3.05, 3.63) is 93.4 Å². The van der Waals surface area contributed by atoms with Gasteiger partial charge in [0.05, 0.1) is 16.3 Å². The predicted molar refractivity (Wildman–Crippen MR) is 108 cm³/mol. The third kappa shape index (κ3) is 3.48. The highest BCUT2D eigenvalue weighted by Crippen LogP contribution is 2.26. The molecule has 29 heavy (non-hydrogen) atoms. The van der Waals surface area contributed by atoms with Gasteiger partial charge in [-0.1, -0.05) is 23.7 Å². The molecule has 0 bridgehead atoms. The molecule has 2 aromatic carbocycles. The van der Waals surface area contributed by atoms with E-state index >= 15 is 0 Å². The topological polar surface area (TPSA) is 97.5 Å². The zero-order chi connectivity index (χ0) is 20.5. The molecule has 0 aliphatic carbocycles. The number of non-ortho nitro benzene ring substituents is 1. The van der Waals surface area contributed by atoms with Gasteiger partial charge in [-0.15, -0.1) is 0 Å². The second kappa shape index (κ2) is 7.25. The fourth-order valence-electron chi connectivity index (χ4n) is 3.04. The van der Waals surface area contributed by atoms with Crippen LogP contribution in [0.4, 0.5) is 16.2 Å². The Morgan fingerprint density at radius 1 is 1.00 bits per heavy atom. The third-order valence-electron chi connectivity index (χ3n) is 4.34. The van der Waals surface area contributed by atoms with Crippen molar-refractivity contribution in [3.63, 3.8) is 0 Å². The number of benzene rings is 2. The molecule has 0 saturated carbocycles. The molecular weight excluding hydrogens is 396 g/mol. The maximum absolute atomic E-state index is 12.8. The van der Waals surface area contributed by atoms with Crippen LogP contribution in [-0.2, 0) is 4.79 Å². The monoisotopic (exact) mass is 408 g/mol. The number of nitrogens with one attached hydrogen (secondary N) is 1. The largest absolute Gasteiger partial charge is 0.333 e. The van der Waals surface area contributed by atoms with Gasteiger partial charge in [0.1, 0.15) is 5.70 Å². The van der Waals surface area contributed by atoms with Crippen LogP contribution in [0, 0.1) is 10.1 Å². The van der Waals surface area contributed by atoms with Gasteiger partial charge in [0, 0.05) is 29.0 Å². The molecular formula is C20H13ClN4O4. The first-order valence-corrected chi connectivity index (χ1v) is 8.87. The van der Waals surface area contributed by atoms with Gasteiger partial charge in [0.25, 0.3) is 11.6 Å². The summed E-state index contributed by atoms with van der Waals surface area (Å²) in [7, 11) is 0. The minimum atomic E-state index is -0.586. The van der Waals surface area contributed by atoms with Crippen molar-refractivity contribution in [1.29, 1.82) is 0 Å². The van der Waals surface area contributed by atoms with E-state index < -0.39 is 16.9 Å². The molecule has 0 atom stereocenters. The second-order valence-electron chi connectivity index (χ2n) is 6.19. The van der Waals surface area contributed by atoms with Crippen molar-refractivity contribution in [2.45, 2.75) is 0 Å². The van der Waals surface area contributed by atoms with Gasteiger partial charge in [0.2, 0.25) is 0 Å². The Kier molecular flexibility index (Phi) is 4.61. The number of nitro groups is 1. The zero-order valence-electron chi connectivity index (χ0n) is 14.8. The van der Waals surface area contributed by atoms with Gasteiger partial charge in [0.15, 0.2) is 0 Å². The van der Waals surface area contributed by atoms with E-state index in [0.717, 1.165) is 4.90 Å². The van der Waals surface area contributed by atoms with E-state index in [1.807, 2.05) is 0 Å². The number of hydrogen-bond acceptors (Lipinski definition) is 4. The van der Waals surface area contributed by atoms with Crippen LogP contribution in [0.15, 0.2) is 72.6 Å². The van der Waals surface area contributed by atoms with Gasteiger partial charge >= 0.3 is 6.03 Å². The SMILES string of the molecule is O=C1N/C(=C\c2cccn2-c2cccc([N+](=O)[O-])c2)C(=O)N1c1cccc(Cl)c1. The Morgan fingerprint density at radius 3 is 2.52 bits per heavy atom. The first kappa shape index (κ1) is 18.5. The number of halogens is 1. The van der Waals surface area contributed by atoms with Crippen LogP contribution in [0.1, 0.15) is 5.69 Å². The highest BCUT2D eigenvalue weighted by atomic mass is 35.5. The van der Waals surface area contributed by atoms with E-state index in [0.29, 0.717) is 22.1 Å². The van der Waals surface area contributed by atoms with E-state index in [9.17, 15) is 19.7 Å². The van der Waals surface area contributed by atoms with Gasteiger partial charge < -0.3 is 9.88 Å². The summed E-state index contributed by atoms with van der Waals surface area (Å²) in [4.78, 5) is 36.7. The Morgan fingerprint density at radius 2 is 1.76 bits per heavy atom. The molecule has 2 heterocycles. The molecule has 144 valence electrons. The van der Waals surface area contributed by atoms with Crippen LogP contribution in [-0.4, -0.2) is 21.4 Å². The van der Waals surface area contributed by atoms with E-state index in [2.05, 4.69) is 5.32 Å². The summed E-state index contributed by atoms with van der Waals surface area (Å²) in [5.41, 5.74) is 1.52. The highest BCUT2D eigenvalue weighted by Gasteiger charge is 2.35. The van der Waals surface area contributed by atoms with Crippen molar-refractivity contribution in [1.82, 2.24) is 9.88 Å². The van der Waals surface area contributed by atoms with Crippen LogP contribution in [0.5, 0.6) is 0 Å². The minimum absolute atomic E-state index is 0.0489. The first-order valence-electron chi connectivity index (χ1n) is 8.49. The Labute approximate surface area is 169 Å². The standard InChI is InChI=1S/C20H13ClN4O4/c21-13-4-1-6-16(10-13)24-19(26)18(22-20(24)27)12-15-8-3-9-23(15)14-5-2-7-17(11-14)25(28)29/h1-12H,(H,22,27)/b18-12-. The number of rotatable bonds is 4. The van der Waals surface area contributed by atoms with Crippen LogP contribution in [0.3, 0.4) is 0 Å². The molecule has 0 unspecified atom stereocenters. The van der Waals surface area contributed by atoms with Crippen molar-refractivity contribution >= 4 is 41.0 Å². The normalized spacial score (nSPS) is 15.1. The molecule has 1 N–H and O–H groups in total. The quantitative estimate of drug-likeness (QED) is 0.303. The lowest BCUT2D eigenvalue weighted by Gasteiger charge is -2.11. The molecule has 1 fully saturated rings. The van der Waals surface area contributed by atoms with Crippen LogP contribution in [0.2, 0.25) is 5.02 Å². The molecule has 1 aromatic heterocycles. The molecule has 1 saturated heterocycles. The maximum Gasteiger partial charge on any atom is 0.333 e. The molecule has 8 nitrogen and oxygen atoms in total. The summed E-state index contributed by atoms with van der Waals surface area (Å²) in [5, 5.41) is 14.0. The van der Waals surface area contributed by atoms with Gasteiger partial charge in [-0.2, -0.15) is 0 Å². The number of anilines is 1. The highest BCUT2D eigenvalue weighted by molar-refractivity contribution is 6.32. The number of nitro benzene ring substituents is 1. The Hall–Kier alpha value is -3.91. The van der Waals surface area contributed by atoms with Crippen LogP contribution >= 0.6 is 11.6 Å². The summed E-state index contributed by atoms with van der Waals surface area (Å²) in [5.74, 6) is -0.524. The molecule has 1 aliphatic rings. The summed E-state index contributed by atoms with van der Waals surface area (Å²) in [6.45, 7) is 0. The lowest BCUT2D eigenvalue weighted by molar-refractivity contribution is -0.384. The summed E-state index contributed by atoms with van der Waals surface area (Å²) in [6.07, 6.45) is 3.23. The van der Waals surface area contributed by atoms with Gasteiger partial charge in [-0.25, -0.2) is 9.69 Å². The van der Waals surface area contributed by atoms with Crippen LogP contribution in [0.25, 0.3) is 11.8 Å². The number of amides is 3. The summed E-state index contributed by atoms with van der Waals surface area (Å²) >= 11 is 5.96. The molecule has 3 amide bonds. The van der Waals surface area contributed by atoms with Crippen molar-refractivity contribution < 1.29 is 14.5 Å². The summed E-state index contributed by atoms with van der Waals surface area (Å²) < 4.78 is 1.68. The lowest BCUT2D eigenvalue weighted by atomic mass is 10.2. The summed E-state index contributed by atoms with van der Waals surface area (Å²) in [6, 6.07) is 15.4. The number of aromatic nitrogens is 1. The zero-order valence-corrected chi connectivity index (χ0v) is 15.5. The average molecular weight is 409 g/mol. The van der Waals surface area contributed by atoms with Crippen molar-refractivity contribution in [3.8, 4) is 5.69 Å². The van der Waals surface area contributed by atoms with E-state index in [1.165, 1.54) is 24.3 Å². The maximum atomic E-state index is 12.8. The van der Waals surface area contributed by atoms with E-state index in [-0.39, 0.29) is 11.4 Å². The third-order valence-corrected chi connectivity index (χ3v) is 4.57. The molecule has 0 spiro atoms. The number of carbonyl (C=O) groups is 2. The minimum Gasteiger partial charge on any atom is -0.317 e. The number of carbonyl (C=O) groups excluding carboxylic acids is 2. The van der Waals surface area contributed by atoms with Crippen LogP contribution < -0.4 is 10.2 Å². The fraction of sp³-hybridized carbons (Fsp3) is 0. The molecule has 3 aromatic rings. The number of urea groups is 1. The molecule has 9 heteroatoms. The second-order valence-corrected chi connectivity index (χ2v) is 6.63. The fourth-order valence-corrected chi connectivity index (χ4v) is 3.22. The molecule has 4 rings (SSSR count). The Balaban J connectivity index is 1.69. The lowest BCUT2D eigenvalue weighted by Crippen LogP contribution is -2.30. The van der Waals surface area contributed by atoms with Crippen molar-refractivity contribution in [2.75, 3.05) is 4.90 Å². The van der Waals surface area contributed by atoms with E-state index in [1.54, 1.807) is 53.2 Å². The smallest absolute Gasteiger partial charge is 0.317 e. The van der Waals surface area contributed by atoms with E-state index in [4.69, 9.17) is 11.6 Å². The predicted octanol–water partition coefficient (Wildman–Crippen LogP) is 4.14. The number of nitrogens with zero attached hydrogens (tertiary/aromatic N) is 3.